The minimum Gasteiger partial charge on any atom is -0.475 e. The number of nitrogen functional groups attached to an aromatic ring is 1. The Bertz CT molecular complexity index is 1970. The van der Waals surface area contributed by atoms with Crippen molar-refractivity contribution < 1.29 is 37.5 Å². The number of aliphatic carboxylic acids is 1. The Labute approximate surface area is 309 Å². The van der Waals surface area contributed by atoms with E-state index in [9.17, 15) is 27.6 Å². The Morgan fingerprint density at radius 3 is 1.93 bits per heavy atom. The van der Waals surface area contributed by atoms with E-state index in [1.807, 2.05) is 91.9 Å². The Kier molecular flexibility index (Phi) is 14.7. The second kappa shape index (κ2) is 18.9. The number of primary amides is 1. The molecule has 0 aromatic heterocycles. The van der Waals surface area contributed by atoms with Crippen LogP contribution in [0.4, 0.5) is 13.2 Å². The number of carbonyl (C=O) groups is 4. The van der Waals surface area contributed by atoms with Crippen LogP contribution in [-0.2, 0) is 37.4 Å². The summed E-state index contributed by atoms with van der Waals surface area (Å²) in [5.41, 5.74) is 24.0. The van der Waals surface area contributed by atoms with Crippen molar-refractivity contribution in [2.75, 3.05) is 6.54 Å². The first-order chi connectivity index (χ1) is 25.4. The minimum absolute atomic E-state index is 0.0480. The molecule has 0 fully saturated rings. The third-order valence-corrected chi connectivity index (χ3v) is 8.46. The number of fused-ring (bicyclic) bond motifs is 1. The third kappa shape index (κ3) is 12.4. The van der Waals surface area contributed by atoms with E-state index in [-0.39, 0.29) is 37.1 Å². The molecule has 3 amide bonds. The fourth-order valence-electron chi connectivity index (χ4n) is 5.52. The average molecular weight is 749 g/mol. The van der Waals surface area contributed by atoms with E-state index in [0.29, 0.717) is 18.4 Å². The summed E-state index contributed by atoms with van der Waals surface area (Å²) in [6.45, 7) is 2.10. The maximum absolute atomic E-state index is 14.4. The lowest BCUT2D eigenvalue weighted by atomic mass is 9.76. The second-order valence-corrected chi connectivity index (χ2v) is 12.6. The molecule has 0 aliphatic heterocycles. The molecule has 0 saturated heterocycles. The van der Waals surface area contributed by atoms with Crippen LogP contribution in [0.25, 0.3) is 10.8 Å². The Hall–Kier alpha value is -6.45. The van der Waals surface area contributed by atoms with Crippen molar-refractivity contribution in [2.45, 2.75) is 56.3 Å². The quantitative estimate of drug-likeness (QED) is 0.0508. The summed E-state index contributed by atoms with van der Waals surface area (Å²) < 4.78 is 31.7. The molecule has 16 heteroatoms. The van der Waals surface area contributed by atoms with Gasteiger partial charge in [-0.1, -0.05) is 97.1 Å². The lowest BCUT2D eigenvalue weighted by molar-refractivity contribution is -0.192. The van der Waals surface area contributed by atoms with Crippen LogP contribution in [0.5, 0.6) is 0 Å². The van der Waals surface area contributed by atoms with Gasteiger partial charge in [0, 0.05) is 18.5 Å². The number of rotatable bonds is 15. The van der Waals surface area contributed by atoms with Gasteiger partial charge in [0.25, 0.3) is 0 Å². The maximum Gasteiger partial charge on any atom is 0.490 e. The van der Waals surface area contributed by atoms with E-state index >= 15 is 0 Å². The van der Waals surface area contributed by atoms with Gasteiger partial charge in [-0.2, -0.15) is 13.2 Å². The molecular weight excluding hydrogens is 705 g/mol. The number of carbonyl (C=O) groups excluding carboxylic acids is 3. The third-order valence-electron chi connectivity index (χ3n) is 8.46. The fraction of sp³-hybridized carbons (Fsp3) is 0.263. The number of nitrogens with two attached hydrogens (primary N) is 4. The Morgan fingerprint density at radius 2 is 1.37 bits per heavy atom. The van der Waals surface area contributed by atoms with E-state index in [1.54, 1.807) is 12.1 Å². The van der Waals surface area contributed by atoms with Crippen molar-refractivity contribution in [1.29, 1.82) is 5.41 Å². The highest BCUT2D eigenvalue weighted by atomic mass is 19.4. The number of hydrogen-bond donors (Lipinski definition) is 8. The number of hydrogen-bond acceptors (Lipinski definition) is 6. The van der Waals surface area contributed by atoms with Crippen molar-refractivity contribution in [3.05, 3.63) is 119 Å². The standard InChI is InChI=1S/C36H42N8O3.C2HF3O2/c1-36(28-10-3-2-4-11-28,22-23-13-17-26(18-14-23)31(37)38)34(47)44-30(21-24-15-16-25-8-5-6-9-27(25)20-24)33(46)43-29(32(39)45)12-7-19-42-35(40)41;3-2(4,5)1(6)7/h2-6,8-11,13-18,20,29-30H,7,12,19,21-22H2,1H3,(H3,37,38)(H2,39,45)(H,43,46)(H,44,47)(H4,40,41,42);(H,6,7)/t29-,30-,36+;/m0./s1. The molecule has 4 rings (SSSR count). The number of alkyl halides is 3. The highest BCUT2D eigenvalue weighted by molar-refractivity contribution is 5.96. The number of guanidine groups is 1. The van der Waals surface area contributed by atoms with Gasteiger partial charge in [0.05, 0.1) is 5.41 Å². The topological polar surface area (TPSA) is 253 Å². The Morgan fingerprint density at radius 1 is 0.796 bits per heavy atom. The first kappa shape index (κ1) is 42.0. The molecule has 12 N–H and O–H groups in total. The predicted octanol–water partition coefficient (Wildman–Crippen LogP) is 3.01. The highest BCUT2D eigenvalue weighted by Crippen LogP contribution is 2.29. The van der Waals surface area contributed by atoms with Crippen molar-refractivity contribution in [2.24, 2.45) is 27.9 Å². The van der Waals surface area contributed by atoms with Crippen LogP contribution >= 0.6 is 0 Å². The molecule has 0 saturated carbocycles. The number of nitrogens with zero attached hydrogens (tertiary/aromatic N) is 1. The monoisotopic (exact) mass is 748 g/mol. The smallest absolute Gasteiger partial charge is 0.475 e. The highest BCUT2D eigenvalue weighted by Gasteiger charge is 2.39. The zero-order valence-electron chi connectivity index (χ0n) is 29.4. The van der Waals surface area contributed by atoms with Crippen molar-refractivity contribution >= 4 is 46.3 Å². The van der Waals surface area contributed by atoms with Gasteiger partial charge < -0.3 is 38.7 Å². The summed E-state index contributed by atoms with van der Waals surface area (Å²) in [5, 5.41) is 22.6. The van der Waals surface area contributed by atoms with E-state index in [0.717, 1.165) is 27.5 Å². The van der Waals surface area contributed by atoms with E-state index in [1.165, 1.54) is 0 Å². The van der Waals surface area contributed by atoms with E-state index in [2.05, 4.69) is 15.6 Å². The summed E-state index contributed by atoms with van der Waals surface area (Å²) in [6.07, 6.45) is -3.99. The van der Waals surface area contributed by atoms with Crippen LogP contribution in [0.2, 0.25) is 0 Å². The summed E-state index contributed by atoms with van der Waals surface area (Å²) >= 11 is 0. The van der Waals surface area contributed by atoms with Gasteiger partial charge in [-0.15, -0.1) is 0 Å². The van der Waals surface area contributed by atoms with Gasteiger partial charge in [0.15, 0.2) is 5.96 Å². The summed E-state index contributed by atoms with van der Waals surface area (Å²) in [6, 6.07) is 28.2. The lowest BCUT2D eigenvalue weighted by Gasteiger charge is -2.32. The zero-order valence-corrected chi connectivity index (χ0v) is 29.4. The number of aliphatic imine (C=N–C) groups is 1. The summed E-state index contributed by atoms with van der Waals surface area (Å²) in [4.78, 5) is 53.4. The predicted molar refractivity (Wildman–Crippen MR) is 199 cm³/mol. The molecule has 0 spiro atoms. The molecule has 286 valence electrons. The summed E-state index contributed by atoms with van der Waals surface area (Å²) in [5.74, 6) is -4.50. The molecule has 0 unspecified atom stereocenters. The van der Waals surface area contributed by atoms with Gasteiger partial charge in [0.1, 0.15) is 17.9 Å². The van der Waals surface area contributed by atoms with Gasteiger partial charge in [-0.25, -0.2) is 4.79 Å². The number of halogens is 3. The number of amidine groups is 1. The molecule has 13 nitrogen and oxygen atoms in total. The first-order valence-corrected chi connectivity index (χ1v) is 16.6. The van der Waals surface area contributed by atoms with Crippen LogP contribution in [-0.4, -0.2) is 65.4 Å². The molecule has 54 heavy (non-hydrogen) atoms. The maximum atomic E-state index is 14.4. The number of carboxylic acid groups (broad SMARTS) is 1. The number of nitrogens with one attached hydrogen (secondary N) is 3. The average Bonchev–Trinajstić information content (AvgIpc) is 3.12. The molecule has 0 aliphatic rings. The van der Waals surface area contributed by atoms with Gasteiger partial charge >= 0.3 is 12.1 Å². The molecule has 0 heterocycles. The number of benzene rings is 4. The van der Waals surface area contributed by atoms with Crippen LogP contribution in [0, 0.1) is 5.41 Å². The molecule has 0 aliphatic carbocycles. The number of carboxylic acids is 1. The van der Waals surface area contributed by atoms with Gasteiger partial charge in [-0.3, -0.25) is 24.8 Å². The van der Waals surface area contributed by atoms with Crippen LogP contribution < -0.4 is 33.6 Å². The molecule has 3 atom stereocenters. The zero-order chi connectivity index (χ0) is 40.1. The molecule has 0 bridgehead atoms. The fourth-order valence-corrected chi connectivity index (χ4v) is 5.52. The molecule has 0 radical (unpaired) electrons. The molecule has 4 aromatic rings. The largest absolute Gasteiger partial charge is 0.490 e. The second-order valence-electron chi connectivity index (χ2n) is 12.6. The normalized spacial score (nSPS) is 13.2. The molecule has 4 aromatic carbocycles. The lowest BCUT2D eigenvalue weighted by Crippen LogP contribution is -2.56. The van der Waals surface area contributed by atoms with Crippen molar-refractivity contribution in [3.63, 3.8) is 0 Å². The van der Waals surface area contributed by atoms with E-state index < -0.39 is 41.5 Å². The van der Waals surface area contributed by atoms with Crippen LogP contribution in [0.3, 0.4) is 0 Å². The summed E-state index contributed by atoms with van der Waals surface area (Å²) in [7, 11) is 0. The van der Waals surface area contributed by atoms with Crippen LogP contribution in [0.15, 0.2) is 102 Å². The number of amides is 3. The molecular formula is C38H43F3N8O5. The van der Waals surface area contributed by atoms with E-state index in [4.69, 9.17) is 38.2 Å². The van der Waals surface area contributed by atoms with Gasteiger partial charge in [-0.05, 0) is 53.6 Å². The first-order valence-electron chi connectivity index (χ1n) is 16.6. The van der Waals surface area contributed by atoms with Gasteiger partial charge in [0.2, 0.25) is 17.7 Å². The van der Waals surface area contributed by atoms with Crippen LogP contribution in [0.1, 0.15) is 42.0 Å². The Balaban J connectivity index is 0.00000102. The van der Waals surface area contributed by atoms with Crippen molar-refractivity contribution in [1.82, 2.24) is 10.6 Å². The van der Waals surface area contributed by atoms with Crippen molar-refractivity contribution in [3.8, 4) is 0 Å². The minimum atomic E-state index is -5.08. The SMILES string of the molecule is C[C@](Cc1ccc(C(=N)N)cc1)(C(=O)N[C@@H](Cc1ccc2ccccc2c1)C(=O)N[C@@H](CCCN=C(N)N)C(N)=O)c1ccccc1.O=C(O)C(F)(F)F.